The number of imidazole rings is 1. The first-order valence-corrected chi connectivity index (χ1v) is 6.31. The average molecular weight is 292 g/mol. The van der Waals surface area contributed by atoms with Crippen molar-refractivity contribution in [1.29, 1.82) is 0 Å². The summed E-state index contributed by atoms with van der Waals surface area (Å²) in [5.74, 6) is -0.230. The van der Waals surface area contributed by atoms with Crippen LogP contribution in [0, 0.1) is 5.82 Å². The number of aliphatic hydroxyl groups excluding tert-OH is 1. The van der Waals surface area contributed by atoms with Crippen molar-refractivity contribution in [3.63, 3.8) is 0 Å². The minimum Gasteiger partial charge on any atom is -0.399 e. The minimum absolute atomic E-state index is 0.0173. The van der Waals surface area contributed by atoms with Gasteiger partial charge in [-0.1, -0.05) is 17.7 Å². The topological polar surface area (TPSA) is 64.1 Å². The highest BCUT2D eigenvalue weighted by Crippen LogP contribution is 2.27. The van der Waals surface area contributed by atoms with Gasteiger partial charge < -0.3 is 10.8 Å². The highest BCUT2D eigenvalue weighted by Gasteiger charge is 2.16. The fourth-order valence-corrected chi connectivity index (χ4v) is 2.36. The number of nitrogens with two attached hydrogens (primary N) is 1. The van der Waals surface area contributed by atoms with E-state index in [1.165, 1.54) is 10.6 Å². The van der Waals surface area contributed by atoms with E-state index >= 15 is 0 Å². The van der Waals surface area contributed by atoms with Gasteiger partial charge in [0.2, 0.25) is 0 Å². The third kappa shape index (κ3) is 1.92. The molecule has 0 bridgehead atoms. The lowest BCUT2D eigenvalue weighted by Crippen LogP contribution is -2.03. The maximum Gasteiger partial charge on any atom is 0.165 e. The van der Waals surface area contributed by atoms with Crippen molar-refractivity contribution < 1.29 is 9.50 Å². The molecule has 0 saturated heterocycles. The number of hydrogen-bond donors (Lipinski definition) is 2. The quantitative estimate of drug-likeness (QED) is 0.714. The molecule has 3 aromatic rings. The molecule has 4 nitrogen and oxygen atoms in total. The smallest absolute Gasteiger partial charge is 0.165 e. The molecule has 0 spiro atoms. The minimum atomic E-state index is -0.556. The summed E-state index contributed by atoms with van der Waals surface area (Å²) in [7, 11) is 0. The maximum absolute atomic E-state index is 14.2. The van der Waals surface area contributed by atoms with Crippen molar-refractivity contribution in [3.8, 4) is 5.69 Å². The van der Waals surface area contributed by atoms with Crippen molar-refractivity contribution in [2.45, 2.75) is 6.61 Å². The molecule has 6 heteroatoms. The molecule has 3 rings (SSSR count). The van der Waals surface area contributed by atoms with Crippen LogP contribution in [0.3, 0.4) is 0 Å². The van der Waals surface area contributed by atoms with E-state index in [-0.39, 0.29) is 17.3 Å². The summed E-state index contributed by atoms with van der Waals surface area (Å²) in [5, 5.41) is 9.46. The number of nitrogens with zero attached hydrogens (tertiary/aromatic N) is 2. The Morgan fingerprint density at radius 1 is 1.30 bits per heavy atom. The van der Waals surface area contributed by atoms with Gasteiger partial charge in [-0.05, 0) is 30.3 Å². The number of aromatic nitrogens is 2. The van der Waals surface area contributed by atoms with Crippen molar-refractivity contribution in [2.75, 3.05) is 5.73 Å². The molecule has 0 radical (unpaired) electrons. The molecule has 0 aliphatic heterocycles. The van der Waals surface area contributed by atoms with Crippen LogP contribution in [0.25, 0.3) is 16.7 Å². The van der Waals surface area contributed by atoms with Crippen LogP contribution < -0.4 is 5.73 Å². The number of halogens is 2. The van der Waals surface area contributed by atoms with Gasteiger partial charge >= 0.3 is 0 Å². The molecule has 0 atom stereocenters. The molecule has 0 fully saturated rings. The standard InChI is InChI=1S/C14H11ClFN3O/c15-9-2-1-3-12(14(9)16)19-11-5-4-8(17)6-10(11)18-13(19)7-20/h1-6,20H,7,17H2. The predicted octanol–water partition coefficient (Wildman–Crippen LogP) is 2.89. The molecule has 0 saturated carbocycles. The van der Waals surface area contributed by atoms with Gasteiger partial charge in [-0.25, -0.2) is 9.37 Å². The van der Waals surface area contributed by atoms with Crippen LogP contribution in [-0.2, 0) is 6.61 Å². The molecule has 0 amide bonds. The molecule has 102 valence electrons. The molecule has 2 aromatic carbocycles. The number of fused-ring (bicyclic) bond motifs is 1. The molecule has 3 N–H and O–H groups in total. The second-order valence-electron chi connectivity index (χ2n) is 4.34. The Bertz CT molecular complexity index is 800. The monoisotopic (exact) mass is 291 g/mol. The molecule has 20 heavy (non-hydrogen) atoms. The largest absolute Gasteiger partial charge is 0.399 e. The molecular formula is C14H11ClFN3O. The summed E-state index contributed by atoms with van der Waals surface area (Å²) in [6, 6.07) is 9.80. The van der Waals surface area contributed by atoms with Crippen molar-refractivity contribution in [2.24, 2.45) is 0 Å². The van der Waals surface area contributed by atoms with E-state index in [1.54, 1.807) is 30.3 Å². The average Bonchev–Trinajstić information content (AvgIpc) is 2.79. The zero-order valence-electron chi connectivity index (χ0n) is 10.3. The third-order valence-electron chi connectivity index (χ3n) is 3.06. The second-order valence-corrected chi connectivity index (χ2v) is 4.75. The number of anilines is 1. The first kappa shape index (κ1) is 12.9. The van der Waals surface area contributed by atoms with E-state index in [2.05, 4.69) is 4.98 Å². The van der Waals surface area contributed by atoms with Crippen LogP contribution in [0.15, 0.2) is 36.4 Å². The van der Waals surface area contributed by atoms with E-state index in [1.807, 2.05) is 0 Å². The van der Waals surface area contributed by atoms with E-state index in [0.717, 1.165) is 0 Å². The second kappa shape index (κ2) is 4.77. The Kier molecular flexibility index (Phi) is 3.08. The van der Waals surface area contributed by atoms with Gasteiger partial charge in [-0.15, -0.1) is 0 Å². The van der Waals surface area contributed by atoms with Gasteiger partial charge in [-0.3, -0.25) is 4.57 Å². The fourth-order valence-electron chi connectivity index (χ4n) is 2.19. The first-order valence-electron chi connectivity index (χ1n) is 5.94. The number of rotatable bonds is 2. The molecule has 0 aliphatic rings. The van der Waals surface area contributed by atoms with Crippen molar-refractivity contribution in [3.05, 3.63) is 53.1 Å². The van der Waals surface area contributed by atoms with Crippen molar-refractivity contribution >= 4 is 28.3 Å². The summed E-state index contributed by atoms with van der Waals surface area (Å²) in [5.41, 5.74) is 7.76. The van der Waals surface area contributed by atoms with Gasteiger partial charge in [0.05, 0.1) is 21.7 Å². The Hall–Kier alpha value is -2.11. The first-order chi connectivity index (χ1) is 9.61. The Balaban J connectivity index is 2.37. The Labute approximate surface area is 119 Å². The third-order valence-corrected chi connectivity index (χ3v) is 3.35. The Morgan fingerprint density at radius 2 is 2.10 bits per heavy atom. The summed E-state index contributed by atoms with van der Waals surface area (Å²) in [6.45, 7) is -0.319. The highest BCUT2D eigenvalue weighted by atomic mass is 35.5. The van der Waals surface area contributed by atoms with Gasteiger partial charge in [0.15, 0.2) is 5.82 Å². The maximum atomic E-state index is 14.2. The lowest BCUT2D eigenvalue weighted by Gasteiger charge is -2.10. The van der Waals surface area contributed by atoms with Crippen LogP contribution in [0.5, 0.6) is 0 Å². The summed E-state index contributed by atoms with van der Waals surface area (Å²) >= 11 is 5.81. The normalized spacial score (nSPS) is 11.2. The molecule has 1 heterocycles. The Morgan fingerprint density at radius 3 is 2.85 bits per heavy atom. The summed E-state index contributed by atoms with van der Waals surface area (Å²) in [6.07, 6.45) is 0. The van der Waals surface area contributed by atoms with Gasteiger partial charge in [-0.2, -0.15) is 0 Å². The molecule has 1 aromatic heterocycles. The summed E-state index contributed by atoms with van der Waals surface area (Å²) < 4.78 is 15.7. The fraction of sp³-hybridized carbons (Fsp3) is 0.0714. The lowest BCUT2D eigenvalue weighted by atomic mass is 10.2. The zero-order valence-corrected chi connectivity index (χ0v) is 11.1. The van der Waals surface area contributed by atoms with Gasteiger partial charge in [0, 0.05) is 5.69 Å². The highest BCUT2D eigenvalue weighted by molar-refractivity contribution is 6.30. The number of hydrogen-bond acceptors (Lipinski definition) is 3. The molecular weight excluding hydrogens is 281 g/mol. The van der Waals surface area contributed by atoms with E-state index in [4.69, 9.17) is 17.3 Å². The van der Waals surface area contributed by atoms with E-state index < -0.39 is 5.82 Å². The number of nitrogen functional groups attached to an aromatic ring is 1. The van der Waals surface area contributed by atoms with E-state index in [9.17, 15) is 9.50 Å². The summed E-state index contributed by atoms with van der Waals surface area (Å²) in [4.78, 5) is 4.26. The van der Waals surface area contributed by atoms with Gasteiger partial charge in [0.1, 0.15) is 12.4 Å². The lowest BCUT2D eigenvalue weighted by molar-refractivity contribution is 0.270. The van der Waals surface area contributed by atoms with Crippen LogP contribution in [0.2, 0.25) is 5.02 Å². The molecule has 0 unspecified atom stereocenters. The molecule has 0 aliphatic carbocycles. The number of aliphatic hydroxyl groups is 1. The number of benzene rings is 2. The zero-order chi connectivity index (χ0) is 14.3. The van der Waals surface area contributed by atoms with Crippen LogP contribution in [-0.4, -0.2) is 14.7 Å². The van der Waals surface area contributed by atoms with Crippen molar-refractivity contribution in [1.82, 2.24) is 9.55 Å². The van der Waals surface area contributed by atoms with E-state index in [0.29, 0.717) is 22.5 Å². The van der Waals surface area contributed by atoms with Crippen LogP contribution in [0.4, 0.5) is 10.1 Å². The van der Waals surface area contributed by atoms with Gasteiger partial charge in [0.25, 0.3) is 0 Å². The SMILES string of the molecule is Nc1ccc2c(c1)nc(CO)n2-c1cccc(Cl)c1F. The predicted molar refractivity (Wildman–Crippen MR) is 76.4 cm³/mol. The van der Waals surface area contributed by atoms with Crippen LogP contribution in [0.1, 0.15) is 5.82 Å². The van der Waals surface area contributed by atoms with Crippen LogP contribution >= 0.6 is 11.6 Å².